The molecule has 0 saturated carbocycles. The second-order valence-corrected chi connectivity index (χ2v) is 4.93. The molecular weight excluding hydrogens is 142 g/mol. The molecule has 3 aliphatic heterocycles. The second kappa shape index (κ2) is 2.15. The lowest BCUT2D eigenvalue weighted by atomic mass is 9.79. The van der Waals surface area contributed by atoms with E-state index < -0.39 is 0 Å². The Morgan fingerprint density at radius 2 is 2.00 bits per heavy atom. The van der Waals surface area contributed by atoms with E-state index in [4.69, 9.17) is 0 Å². The zero-order valence-electron chi connectivity index (χ0n) is 6.51. The van der Waals surface area contributed by atoms with Gasteiger partial charge in [0.05, 0.1) is 0 Å². The van der Waals surface area contributed by atoms with E-state index in [1.54, 1.807) is 0 Å². The van der Waals surface area contributed by atoms with Crippen LogP contribution in [0.5, 0.6) is 0 Å². The predicted molar refractivity (Wildman–Crippen MR) is 46.6 cm³/mol. The minimum atomic E-state index is 0.316. The molecule has 3 saturated heterocycles. The van der Waals surface area contributed by atoms with Crippen molar-refractivity contribution < 1.29 is 0 Å². The smallest absolute Gasteiger partial charge is 0.0257 e. The third-order valence-corrected chi connectivity index (χ3v) is 3.52. The highest BCUT2D eigenvalue weighted by molar-refractivity contribution is 7.81. The van der Waals surface area contributed by atoms with Gasteiger partial charge in [-0.05, 0) is 38.8 Å². The number of hydrogen-bond acceptors (Lipinski definition) is 2. The molecule has 2 heteroatoms. The molecule has 0 aromatic rings. The number of fused-ring (bicyclic) bond motifs is 3. The Morgan fingerprint density at radius 1 is 1.40 bits per heavy atom. The Hall–Kier alpha value is 0.310. The average molecular weight is 157 g/mol. The molecule has 3 fully saturated rings. The van der Waals surface area contributed by atoms with Crippen LogP contribution in [0.15, 0.2) is 0 Å². The van der Waals surface area contributed by atoms with Gasteiger partial charge in [-0.1, -0.05) is 0 Å². The van der Waals surface area contributed by atoms with Gasteiger partial charge in [-0.3, -0.25) is 0 Å². The Labute approximate surface area is 68.2 Å². The molecule has 3 aliphatic rings. The maximum absolute atomic E-state index is 4.68. The van der Waals surface area contributed by atoms with Gasteiger partial charge in [-0.25, -0.2) is 0 Å². The fourth-order valence-electron chi connectivity index (χ4n) is 2.29. The number of rotatable bonds is 0. The van der Waals surface area contributed by atoms with Gasteiger partial charge in [0.2, 0.25) is 0 Å². The van der Waals surface area contributed by atoms with Gasteiger partial charge >= 0.3 is 0 Å². The minimum Gasteiger partial charge on any atom is -0.302 e. The van der Waals surface area contributed by atoms with Crippen LogP contribution in [0, 0.1) is 5.92 Å². The van der Waals surface area contributed by atoms with Crippen molar-refractivity contribution in [3.05, 3.63) is 0 Å². The van der Waals surface area contributed by atoms with Crippen molar-refractivity contribution >= 4 is 12.6 Å². The molecule has 1 nitrogen and oxygen atoms in total. The Balaban J connectivity index is 2.15. The van der Waals surface area contributed by atoms with E-state index in [9.17, 15) is 0 Å². The number of thiol groups is 1. The summed E-state index contributed by atoms with van der Waals surface area (Å²) < 4.78 is 0.316. The molecule has 1 unspecified atom stereocenters. The summed E-state index contributed by atoms with van der Waals surface area (Å²) in [5, 5.41) is 0. The third-order valence-electron chi connectivity index (χ3n) is 3.01. The van der Waals surface area contributed by atoms with E-state index in [-0.39, 0.29) is 0 Å². The molecule has 3 rings (SSSR count). The normalized spacial score (nSPS) is 53.4. The summed E-state index contributed by atoms with van der Waals surface area (Å²) in [5.41, 5.74) is 0. The standard InChI is InChI=1S/C8H15NS/c1-8(10)6-9-4-2-7(8)3-5-9/h7,10H,2-6H2,1H3. The Morgan fingerprint density at radius 3 is 2.20 bits per heavy atom. The fraction of sp³-hybridized carbons (Fsp3) is 1.00. The van der Waals surface area contributed by atoms with Crippen molar-refractivity contribution in [2.75, 3.05) is 19.6 Å². The number of hydrogen-bond donors (Lipinski definition) is 1. The van der Waals surface area contributed by atoms with Crippen LogP contribution in [0.2, 0.25) is 0 Å². The Kier molecular flexibility index (Phi) is 1.50. The Bertz CT molecular complexity index is 136. The molecule has 0 radical (unpaired) electrons. The van der Waals surface area contributed by atoms with Gasteiger partial charge in [-0.15, -0.1) is 0 Å². The van der Waals surface area contributed by atoms with E-state index in [2.05, 4.69) is 24.5 Å². The summed E-state index contributed by atoms with van der Waals surface area (Å²) >= 11 is 4.68. The van der Waals surface area contributed by atoms with Crippen LogP contribution in [0.1, 0.15) is 19.8 Å². The van der Waals surface area contributed by atoms with Gasteiger partial charge in [0.25, 0.3) is 0 Å². The largest absolute Gasteiger partial charge is 0.302 e. The highest BCUT2D eigenvalue weighted by Crippen LogP contribution is 2.39. The van der Waals surface area contributed by atoms with E-state index in [0.717, 1.165) is 5.92 Å². The first-order valence-corrected chi connectivity index (χ1v) is 4.58. The van der Waals surface area contributed by atoms with Crippen molar-refractivity contribution in [1.29, 1.82) is 0 Å². The summed E-state index contributed by atoms with van der Waals surface area (Å²) in [4.78, 5) is 2.53. The van der Waals surface area contributed by atoms with Crippen LogP contribution in [-0.4, -0.2) is 29.3 Å². The maximum atomic E-state index is 4.68. The van der Waals surface area contributed by atoms with E-state index in [1.807, 2.05) is 0 Å². The topological polar surface area (TPSA) is 3.24 Å². The molecule has 0 aromatic heterocycles. The molecule has 58 valence electrons. The lowest BCUT2D eigenvalue weighted by Gasteiger charge is -2.49. The summed E-state index contributed by atoms with van der Waals surface area (Å²) in [6.45, 7) is 6.13. The molecule has 0 spiro atoms. The van der Waals surface area contributed by atoms with Gasteiger partial charge in [0, 0.05) is 11.3 Å². The van der Waals surface area contributed by atoms with Crippen LogP contribution in [0.25, 0.3) is 0 Å². The summed E-state index contributed by atoms with van der Waals surface area (Å²) in [5.74, 6) is 0.890. The molecule has 1 atom stereocenters. The van der Waals surface area contributed by atoms with Crippen molar-refractivity contribution in [2.45, 2.75) is 24.5 Å². The van der Waals surface area contributed by atoms with Crippen molar-refractivity contribution in [2.24, 2.45) is 5.92 Å². The number of nitrogens with zero attached hydrogens (tertiary/aromatic N) is 1. The van der Waals surface area contributed by atoms with Crippen LogP contribution in [-0.2, 0) is 0 Å². The highest BCUT2D eigenvalue weighted by atomic mass is 32.1. The molecule has 0 aromatic carbocycles. The van der Waals surface area contributed by atoms with Crippen LogP contribution in [0.4, 0.5) is 0 Å². The number of piperidine rings is 3. The van der Waals surface area contributed by atoms with E-state index >= 15 is 0 Å². The van der Waals surface area contributed by atoms with Gasteiger partial charge in [0.15, 0.2) is 0 Å². The lowest BCUT2D eigenvalue weighted by molar-refractivity contribution is 0.0803. The molecule has 10 heavy (non-hydrogen) atoms. The average Bonchev–Trinajstić information content (AvgIpc) is 1.87. The zero-order chi connectivity index (χ0) is 7.19. The van der Waals surface area contributed by atoms with Gasteiger partial charge < -0.3 is 4.90 Å². The van der Waals surface area contributed by atoms with Gasteiger partial charge in [-0.2, -0.15) is 12.6 Å². The fourth-order valence-corrected chi connectivity index (χ4v) is 2.75. The second-order valence-electron chi connectivity index (χ2n) is 3.91. The third kappa shape index (κ3) is 0.978. The first-order valence-electron chi connectivity index (χ1n) is 4.13. The van der Waals surface area contributed by atoms with E-state index in [1.165, 1.54) is 32.5 Å². The first-order chi connectivity index (χ1) is 4.68. The molecule has 3 heterocycles. The molecule has 0 aliphatic carbocycles. The molecule has 2 bridgehead atoms. The molecule has 0 amide bonds. The highest BCUT2D eigenvalue weighted by Gasteiger charge is 2.40. The maximum Gasteiger partial charge on any atom is 0.0257 e. The summed E-state index contributed by atoms with van der Waals surface area (Å²) in [6, 6.07) is 0. The van der Waals surface area contributed by atoms with E-state index in [0.29, 0.717) is 4.75 Å². The molecular formula is C8H15NS. The minimum absolute atomic E-state index is 0.316. The quantitative estimate of drug-likeness (QED) is 0.520. The molecule has 0 N–H and O–H groups in total. The summed E-state index contributed by atoms with van der Waals surface area (Å²) in [7, 11) is 0. The first kappa shape index (κ1) is 6.99. The van der Waals surface area contributed by atoms with Crippen molar-refractivity contribution in [1.82, 2.24) is 4.90 Å². The summed E-state index contributed by atoms with van der Waals surface area (Å²) in [6.07, 6.45) is 2.75. The predicted octanol–water partition coefficient (Wildman–Crippen LogP) is 1.40. The lowest BCUT2D eigenvalue weighted by Crippen LogP contribution is -2.54. The van der Waals surface area contributed by atoms with Crippen LogP contribution < -0.4 is 0 Å². The monoisotopic (exact) mass is 157 g/mol. The van der Waals surface area contributed by atoms with Crippen molar-refractivity contribution in [3.63, 3.8) is 0 Å². The van der Waals surface area contributed by atoms with Gasteiger partial charge in [0.1, 0.15) is 0 Å². The zero-order valence-corrected chi connectivity index (χ0v) is 7.40. The van der Waals surface area contributed by atoms with Crippen LogP contribution >= 0.6 is 12.6 Å². The SMILES string of the molecule is CC1(S)CN2CCC1CC2. The van der Waals surface area contributed by atoms with Crippen LogP contribution in [0.3, 0.4) is 0 Å². The van der Waals surface area contributed by atoms with Crippen molar-refractivity contribution in [3.8, 4) is 0 Å².